The number of nitro groups is 2. The Bertz CT molecular complexity index is 1210. The minimum absolute atomic E-state index is 0.0840. The van der Waals surface area contributed by atoms with Crippen molar-refractivity contribution in [1.82, 2.24) is 4.98 Å². The van der Waals surface area contributed by atoms with Crippen molar-refractivity contribution in [2.45, 2.75) is 0 Å². The molecule has 0 radical (unpaired) electrons. The van der Waals surface area contributed by atoms with Crippen LogP contribution < -0.4 is 15.4 Å². The fourth-order valence-corrected chi connectivity index (χ4v) is 4.55. The molecule has 2 aromatic carbocycles. The van der Waals surface area contributed by atoms with Gasteiger partial charge in [-0.05, 0) is 24.3 Å². The van der Waals surface area contributed by atoms with Crippen molar-refractivity contribution in [1.29, 1.82) is 0 Å². The van der Waals surface area contributed by atoms with E-state index < -0.39 is 26.8 Å². The molecule has 1 aromatic heterocycles. The summed E-state index contributed by atoms with van der Waals surface area (Å²) in [4.78, 5) is 41.6. The van der Waals surface area contributed by atoms with Crippen LogP contribution in [0.3, 0.4) is 0 Å². The molecule has 30 heavy (non-hydrogen) atoms. The van der Waals surface area contributed by atoms with Crippen LogP contribution in [-0.4, -0.2) is 41.0 Å². The predicted octanol–water partition coefficient (Wildman–Crippen LogP) is 3.45. The van der Waals surface area contributed by atoms with Crippen molar-refractivity contribution in [3.05, 3.63) is 72.0 Å². The molecule has 0 bridgehead atoms. The molecule has 4 rings (SSSR count). The first-order valence-electron chi connectivity index (χ1n) is 8.86. The van der Waals surface area contributed by atoms with Gasteiger partial charge in [-0.15, -0.1) is 0 Å². The summed E-state index contributed by atoms with van der Waals surface area (Å²) in [6, 6.07) is 9.41. The molecular formula is C18H14ClN5O5S. The lowest BCUT2D eigenvalue weighted by atomic mass is 10.2. The highest BCUT2D eigenvalue weighted by Crippen LogP contribution is 2.35. The van der Waals surface area contributed by atoms with E-state index in [1.165, 1.54) is 0 Å². The first-order valence-corrected chi connectivity index (χ1v) is 10.1. The number of halogens is 1. The monoisotopic (exact) mass is 447 g/mol. The van der Waals surface area contributed by atoms with E-state index in [-0.39, 0.29) is 10.1 Å². The van der Waals surface area contributed by atoms with Crippen molar-refractivity contribution in [3.8, 4) is 0 Å². The molecule has 0 atom stereocenters. The highest BCUT2D eigenvalue weighted by molar-refractivity contribution is 7.22. The Hall–Kier alpha value is -3.31. The van der Waals surface area contributed by atoms with Gasteiger partial charge in [0.2, 0.25) is 0 Å². The van der Waals surface area contributed by atoms with Gasteiger partial charge in [0.05, 0.1) is 21.3 Å². The number of anilines is 2. The van der Waals surface area contributed by atoms with Crippen molar-refractivity contribution in [2.75, 3.05) is 36.0 Å². The zero-order valence-corrected chi connectivity index (χ0v) is 16.9. The molecule has 1 fully saturated rings. The first kappa shape index (κ1) is 20.0. The predicted molar refractivity (Wildman–Crippen MR) is 115 cm³/mol. The normalized spacial score (nSPS) is 14.2. The summed E-state index contributed by atoms with van der Waals surface area (Å²) >= 11 is 6.93. The van der Waals surface area contributed by atoms with E-state index in [1.807, 2.05) is 29.2 Å². The second kappa shape index (κ2) is 7.84. The number of rotatable bonds is 4. The number of hydrogen-bond acceptors (Lipinski definition) is 9. The number of fused-ring (bicyclic) bond motifs is 1. The third-order valence-electron chi connectivity index (χ3n) is 4.82. The molecule has 0 unspecified atom stereocenters. The van der Waals surface area contributed by atoms with Gasteiger partial charge in [0.25, 0.3) is 16.9 Å². The van der Waals surface area contributed by atoms with Crippen molar-refractivity contribution >= 4 is 55.2 Å². The molecule has 0 spiro atoms. The lowest BCUT2D eigenvalue weighted by Gasteiger charge is -2.36. The third-order valence-corrected chi connectivity index (χ3v) is 6.24. The van der Waals surface area contributed by atoms with Gasteiger partial charge in [-0.25, -0.2) is 0 Å². The molecule has 0 N–H and O–H groups in total. The van der Waals surface area contributed by atoms with E-state index in [0.29, 0.717) is 36.3 Å². The molecule has 1 aliphatic rings. The minimum Gasteiger partial charge on any atom is -0.368 e. The smallest absolute Gasteiger partial charge is 0.294 e. The maximum atomic E-state index is 12.5. The molecule has 154 valence electrons. The quantitative estimate of drug-likeness (QED) is 0.440. The van der Waals surface area contributed by atoms with E-state index in [9.17, 15) is 25.0 Å². The largest absolute Gasteiger partial charge is 0.368 e. The lowest BCUT2D eigenvalue weighted by Crippen LogP contribution is -2.46. The fourth-order valence-electron chi connectivity index (χ4n) is 3.31. The fraction of sp³-hybridized carbons (Fsp3) is 0.222. The zero-order valence-electron chi connectivity index (χ0n) is 15.4. The molecule has 2 heterocycles. The van der Waals surface area contributed by atoms with E-state index in [2.05, 4.69) is 9.88 Å². The maximum Gasteiger partial charge on any atom is 0.294 e. The summed E-state index contributed by atoms with van der Waals surface area (Å²) in [5, 5.41) is 23.4. The van der Waals surface area contributed by atoms with Crippen LogP contribution in [-0.2, 0) is 0 Å². The highest BCUT2D eigenvalue weighted by atomic mass is 35.5. The number of nitrogens with zero attached hydrogens (tertiary/aromatic N) is 5. The Kier molecular flexibility index (Phi) is 5.22. The van der Waals surface area contributed by atoms with E-state index in [4.69, 9.17) is 11.6 Å². The molecule has 10 nitrogen and oxygen atoms in total. The minimum atomic E-state index is -0.763. The molecule has 0 aliphatic carbocycles. The van der Waals surface area contributed by atoms with E-state index >= 15 is 0 Å². The molecule has 1 aliphatic heterocycles. The average molecular weight is 448 g/mol. The Morgan fingerprint density at radius 3 is 2.20 bits per heavy atom. The molecule has 0 amide bonds. The SMILES string of the molecule is O=c1nc(N2CCN(c3ccc(Cl)cc3)CC2)sc2c([N+](=O)[O-])cc([N+](=O)[O-])cc12. The Labute approximate surface area is 178 Å². The molecule has 3 aromatic rings. The Balaban J connectivity index is 1.65. The summed E-state index contributed by atoms with van der Waals surface area (Å²) in [6.45, 7) is 2.48. The van der Waals surface area contributed by atoms with Gasteiger partial charge in [-0.2, -0.15) is 4.98 Å². The summed E-state index contributed by atoms with van der Waals surface area (Å²) < 4.78 is 0.0840. The van der Waals surface area contributed by atoms with E-state index in [1.54, 1.807) is 0 Å². The Morgan fingerprint density at radius 2 is 1.60 bits per heavy atom. The lowest BCUT2D eigenvalue weighted by molar-refractivity contribution is -0.392. The van der Waals surface area contributed by atoms with Gasteiger partial charge in [-0.3, -0.25) is 25.0 Å². The third kappa shape index (κ3) is 3.76. The van der Waals surface area contributed by atoms with Crippen LogP contribution in [0.2, 0.25) is 5.02 Å². The van der Waals surface area contributed by atoms with Gasteiger partial charge in [-0.1, -0.05) is 22.9 Å². The Morgan fingerprint density at radius 1 is 0.967 bits per heavy atom. The molecule has 0 saturated carbocycles. The molecule has 1 saturated heterocycles. The van der Waals surface area contributed by atoms with Gasteiger partial charge < -0.3 is 9.80 Å². The number of hydrogen-bond donors (Lipinski definition) is 0. The molecular weight excluding hydrogens is 434 g/mol. The zero-order chi connectivity index (χ0) is 21.4. The van der Waals surface area contributed by atoms with Gasteiger partial charge in [0.1, 0.15) is 4.70 Å². The van der Waals surface area contributed by atoms with Crippen molar-refractivity contribution in [3.63, 3.8) is 0 Å². The van der Waals surface area contributed by atoms with Gasteiger partial charge in [0.15, 0.2) is 5.13 Å². The number of non-ortho nitro benzene ring substituents is 2. The van der Waals surface area contributed by atoms with Gasteiger partial charge >= 0.3 is 0 Å². The summed E-state index contributed by atoms with van der Waals surface area (Å²) in [7, 11) is 0. The first-order chi connectivity index (χ1) is 14.3. The van der Waals surface area contributed by atoms with Crippen LogP contribution in [0.4, 0.5) is 22.2 Å². The van der Waals surface area contributed by atoms with Crippen molar-refractivity contribution < 1.29 is 9.85 Å². The standard InChI is InChI=1S/C18H14ClN5O5S/c19-11-1-3-12(4-2-11)21-5-7-22(8-6-21)18-20-17(25)14-9-13(23(26)27)10-15(24(28)29)16(14)30-18/h1-4,9-10H,5-8H2. The summed E-state index contributed by atoms with van der Waals surface area (Å²) in [5.41, 5.74) is -0.665. The molecule has 12 heteroatoms. The maximum absolute atomic E-state index is 12.5. The van der Waals surface area contributed by atoms with Crippen LogP contribution in [0, 0.1) is 20.2 Å². The number of benzene rings is 2. The van der Waals surface area contributed by atoms with Gasteiger partial charge in [0, 0.05) is 43.0 Å². The number of piperazine rings is 1. The second-order valence-corrected chi connectivity index (χ2v) is 8.02. The van der Waals surface area contributed by atoms with E-state index in [0.717, 1.165) is 29.2 Å². The summed E-state index contributed by atoms with van der Waals surface area (Å²) in [5.74, 6) is 0. The number of aromatic nitrogens is 1. The summed E-state index contributed by atoms with van der Waals surface area (Å²) in [6.07, 6.45) is 0. The van der Waals surface area contributed by atoms with Crippen LogP contribution in [0.1, 0.15) is 0 Å². The van der Waals surface area contributed by atoms with Crippen molar-refractivity contribution in [2.24, 2.45) is 0 Å². The second-order valence-electron chi connectivity index (χ2n) is 6.61. The van der Waals surface area contributed by atoms with Crippen LogP contribution in [0.5, 0.6) is 0 Å². The highest BCUT2D eigenvalue weighted by Gasteiger charge is 2.25. The average Bonchev–Trinajstić information content (AvgIpc) is 2.73. The topological polar surface area (TPSA) is 123 Å². The number of nitro benzene ring substituents is 2. The van der Waals surface area contributed by atoms with Crippen LogP contribution in [0.15, 0.2) is 41.2 Å². The van der Waals surface area contributed by atoms with Crippen LogP contribution in [0.25, 0.3) is 10.1 Å². The van der Waals surface area contributed by atoms with Crippen LogP contribution >= 0.6 is 22.9 Å².